The first-order valence-electron chi connectivity index (χ1n) is 13.2. The zero-order valence-corrected chi connectivity index (χ0v) is 23.3. The van der Waals surface area contributed by atoms with Crippen molar-refractivity contribution in [3.05, 3.63) is 80.8 Å². The molecule has 0 atom stereocenters. The van der Waals surface area contributed by atoms with Gasteiger partial charge in [-0.1, -0.05) is 22.9 Å². The lowest BCUT2D eigenvalue weighted by molar-refractivity contribution is 0.0938. The Labute approximate surface area is 231 Å². The molecule has 1 N–H and O–H groups in total. The predicted octanol–water partition coefficient (Wildman–Crippen LogP) is 3.25. The number of benzene rings is 2. The summed E-state index contributed by atoms with van der Waals surface area (Å²) in [6.45, 7) is 9.38. The number of carbonyl (C=O) groups excluding carboxylic acids is 1. The van der Waals surface area contributed by atoms with Crippen LogP contribution in [0.25, 0.3) is 11.3 Å². The van der Waals surface area contributed by atoms with Gasteiger partial charge in [0.15, 0.2) is 11.5 Å². The van der Waals surface area contributed by atoms with Crippen LogP contribution in [0.2, 0.25) is 0 Å². The number of ether oxygens (including phenoxy) is 2. The van der Waals surface area contributed by atoms with E-state index in [1.807, 2.05) is 45.9 Å². The van der Waals surface area contributed by atoms with Crippen LogP contribution in [0.1, 0.15) is 39.8 Å². The highest BCUT2D eigenvalue weighted by atomic mass is 16.5. The van der Waals surface area contributed by atoms with E-state index >= 15 is 0 Å². The fourth-order valence-corrected chi connectivity index (χ4v) is 5.17. The number of hydrogen-bond acceptors (Lipinski definition) is 8. The van der Waals surface area contributed by atoms with Gasteiger partial charge in [-0.05, 0) is 62.9 Å². The zero-order chi connectivity index (χ0) is 28.4. The lowest BCUT2D eigenvalue weighted by atomic mass is 9.97. The monoisotopic (exact) mass is 544 g/mol. The third-order valence-electron chi connectivity index (χ3n) is 6.91. The van der Waals surface area contributed by atoms with Crippen molar-refractivity contribution < 1.29 is 18.8 Å². The van der Waals surface area contributed by atoms with Crippen LogP contribution in [0, 0.1) is 20.8 Å². The summed E-state index contributed by atoms with van der Waals surface area (Å²) in [4.78, 5) is 35.1. The quantitative estimate of drug-likeness (QED) is 0.361. The smallest absolute Gasteiger partial charge is 0.330 e. The highest BCUT2D eigenvalue weighted by Gasteiger charge is 2.23. The molecule has 3 heterocycles. The molecule has 0 fully saturated rings. The van der Waals surface area contributed by atoms with Crippen LogP contribution in [0.5, 0.6) is 11.5 Å². The van der Waals surface area contributed by atoms with E-state index in [1.54, 1.807) is 16.2 Å². The van der Waals surface area contributed by atoms with Crippen LogP contribution in [0.3, 0.4) is 0 Å². The van der Waals surface area contributed by atoms with Gasteiger partial charge in [-0.3, -0.25) is 13.9 Å². The molecule has 208 valence electrons. The number of hydrogen-bond donors (Lipinski definition) is 1. The largest absolute Gasteiger partial charge is 0.493 e. The minimum Gasteiger partial charge on any atom is -0.493 e. The Kier molecular flexibility index (Phi) is 7.54. The van der Waals surface area contributed by atoms with E-state index in [1.165, 1.54) is 0 Å². The minimum atomic E-state index is -0.484. The second-order valence-corrected chi connectivity index (χ2v) is 9.69. The van der Waals surface area contributed by atoms with Gasteiger partial charge in [-0.25, -0.2) is 9.79 Å². The summed E-state index contributed by atoms with van der Waals surface area (Å²) >= 11 is 0. The Hall–Kier alpha value is -4.67. The Morgan fingerprint density at radius 3 is 2.58 bits per heavy atom. The molecule has 11 nitrogen and oxygen atoms in total. The van der Waals surface area contributed by atoms with Gasteiger partial charge in [0.05, 0.1) is 25.1 Å². The van der Waals surface area contributed by atoms with E-state index in [-0.39, 0.29) is 24.6 Å². The number of aromatic nitrogens is 4. The van der Waals surface area contributed by atoms with Gasteiger partial charge in [-0.2, -0.15) is 4.98 Å². The summed E-state index contributed by atoms with van der Waals surface area (Å²) in [5.74, 6) is 0.729. The molecule has 0 saturated heterocycles. The third kappa shape index (κ3) is 5.14. The number of carbonyl (C=O) groups is 1. The Bertz CT molecular complexity index is 1680. The molecule has 2 aromatic carbocycles. The number of nitrogens with zero attached hydrogens (tertiary/aromatic N) is 5. The minimum absolute atomic E-state index is 0.0695. The summed E-state index contributed by atoms with van der Waals surface area (Å²) in [6, 6.07) is 9.99. The summed E-state index contributed by atoms with van der Waals surface area (Å²) in [7, 11) is 1.60. The van der Waals surface area contributed by atoms with Gasteiger partial charge in [0.25, 0.3) is 11.7 Å². The van der Waals surface area contributed by atoms with E-state index in [0.29, 0.717) is 36.6 Å². The number of methoxy groups -OCH3 is 1. The van der Waals surface area contributed by atoms with Gasteiger partial charge < -0.3 is 19.3 Å². The molecule has 2 aromatic heterocycles. The summed E-state index contributed by atoms with van der Waals surface area (Å²) < 4.78 is 19.4. The van der Waals surface area contributed by atoms with Gasteiger partial charge in [0.2, 0.25) is 6.39 Å². The number of aryl methyl sites for hydroxylation is 4. The van der Waals surface area contributed by atoms with Crippen molar-refractivity contribution in [1.29, 1.82) is 0 Å². The van der Waals surface area contributed by atoms with E-state index < -0.39 is 5.91 Å². The molecule has 0 bridgehead atoms. The molecular formula is C29H32N6O5. The molecule has 5 rings (SSSR count). The normalized spacial score (nSPS) is 12.6. The molecule has 1 amide bonds. The van der Waals surface area contributed by atoms with Gasteiger partial charge in [-0.15, -0.1) is 0 Å². The van der Waals surface area contributed by atoms with E-state index in [2.05, 4.69) is 32.1 Å². The zero-order valence-electron chi connectivity index (χ0n) is 23.3. The fraction of sp³-hybridized carbons (Fsp3) is 0.345. The van der Waals surface area contributed by atoms with Crippen LogP contribution in [-0.2, 0) is 19.5 Å². The Balaban J connectivity index is 1.64. The molecular weight excluding hydrogens is 512 g/mol. The van der Waals surface area contributed by atoms with Crippen molar-refractivity contribution in [2.45, 2.75) is 47.2 Å². The number of fused-ring (bicyclic) bond motifs is 3. The molecule has 0 aliphatic carbocycles. The van der Waals surface area contributed by atoms with Crippen LogP contribution in [0.4, 0.5) is 5.69 Å². The maximum atomic E-state index is 13.9. The maximum Gasteiger partial charge on any atom is 0.330 e. The van der Waals surface area contributed by atoms with E-state index in [4.69, 9.17) is 14.5 Å². The molecule has 0 unspecified atom stereocenters. The maximum absolute atomic E-state index is 13.9. The van der Waals surface area contributed by atoms with Crippen molar-refractivity contribution in [1.82, 2.24) is 24.6 Å². The SMILES string of the molecule is CCOc1cc2c(cc1OC)-c1c/c(=N\c3c(C)cc(C)cc3C)n(CCNC(=O)c3ncon3)c(=O)n1CC2. The molecule has 0 saturated carbocycles. The molecule has 0 radical (unpaired) electrons. The fourth-order valence-electron chi connectivity index (χ4n) is 5.17. The molecule has 0 spiro atoms. The topological polar surface area (TPSA) is 126 Å². The molecule has 40 heavy (non-hydrogen) atoms. The van der Waals surface area contributed by atoms with Crippen LogP contribution < -0.4 is 26.0 Å². The number of rotatable bonds is 8. The van der Waals surface area contributed by atoms with E-state index in [9.17, 15) is 9.59 Å². The van der Waals surface area contributed by atoms with Gasteiger partial charge in [0, 0.05) is 31.3 Å². The van der Waals surface area contributed by atoms with Crippen LogP contribution >= 0.6 is 0 Å². The van der Waals surface area contributed by atoms with Crippen LogP contribution in [-0.4, -0.2) is 45.4 Å². The number of nitrogens with one attached hydrogen (secondary N) is 1. The second-order valence-electron chi connectivity index (χ2n) is 9.69. The van der Waals surface area contributed by atoms with Crippen molar-refractivity contribution >= 4 is 11.6 Å². The van der Waals surface area contributed by atoms with Crippen LogP contribution in [0.15, 0.2) is 51.0 Å². The first-order chi connectivity index (χ1) is 19.3. The second kappa shape index (κ2) is 11.2. The number of amides is 1. The highest BCUT2D eigenvalue weighted by molar-refractivity contribution is 5.90. The lowest BCUT2D eigenvalue weighted by Crippen LogP contribution is -2.44. The van der Waals surface area contributed by atoms with Crippen molar-refractivity contribution in [2.24, 2.45) is 4.99 Å². The molecule has 4 aromatic rings. The van der Waals surface area contributed by atoms with Crippen molar-refractivity contribution in [2.75, 3.05) is 20.3 Å². The summed E-state index contributed by atoms with van der Waals surface area (Å²) in [6.07, 6.45) is 1.75. The lowest BCUT2D eigenvalue weighted by Gasteiger charge is -2.25. The molecule has 1 aliphatic heterocycles. The third-order valence-corrected chi connectivity index (χ3v) is 6.91. The highest BCUT2D eigenvalue weighted by Crippen LogP contribution is 2.37. The summed E-state index contributed by atoms with van der Waals surface area (Å²) in [5, 5.41) is 6.31. The first-order valence-corrected chi connectivity index (χ1v) is 13.2. The summed E-state index contributed by atoms with van der Waals surface area (Å²) in [5.41, 5.74) is 6.96. The van der Waals surface area contributed by atoms with Gasteiger partial charge in [0.1, 0.15) is 5.49 Å². The molecule has 1 aliphatic rings. The predicted molar refractivity (Wildman–Crippen MR) is 148 cm³/mol. The average Bonchev–Trinajstić information content (AvgIpc) is 3.47. The van der Waals surface area contributed by atoms with Gasteiger partial charge >= 0.3 is 5.69 Å². The Morgan fingerprint density at radius 1 is 1.12 bits per heavy atom. The average molecular weight is 545 g/mol. The van der Waals surface area contributed by atoms with E-state index in [0.717, 1.165) is 45.6 Å². The molecule has 11 heteroatoms. The standard InChI is InChI=1S/C29H32N6O5/c1-6-39-24-13-20-7-9-34-22(21(20)14-23(24)38-5)15-25(32-26-18(3)11-17(2)12-19(26)4)35(29(34)37)10-8-30-28(36)27-31-16-40-33-27/h11-16H,6-10H2,1-5H3,(H,30,36)/b32-25+. The van der Waals surface area contributed by atoms with Crippen molar-refractivity contribution in [3.8, 4) is 22.8 Å². The Morgan fingerprint density at radius 2 is 1.90 bits per heavy atom. The first kappa shape index (κ1) is 26.9. The van der Waals surface area contributed by atoms with Crippen molar-refractivity contribution in [3.63, 3.8) is 0 Å².